The summed E-state index contributed by atoms with van der Waals surface area (Å²) in [7, 11) is 3.26. The van der Waals surface area contributed by atoms with Crippen LogP contribution in [0.15, 0.2) is 0 Å². The van der Waals surface area contributed by atoms with Crippen molar-refractivity contribution in [1.29, 1.82) is 0 Å². The van der Waals surface area contributed by atoms with Crippen LogP contribution in [0.5, 0.6) is 0 Å². The van der Waals surface area contributed by atoms with E-state index in [-0.39, 0.29) is 5.91 Å². The molecule has 16 heavy (non-hydrogen) atoms. The highest BCUT2D eigenvalue weighted by molar-refractivity contribution is 5.78. The Kier molecular flexibility index (Phi) is 9.18. The molecule has 1 N–H and O–H groups in total. The Bertz CT molecular complexity index is 178. The number of carbonyl (C=O) groups excluding carboxylic acids is 1. The number of hydrogen-bond acceptors (Lipinski definition) is 4. The SMILES string of the molecule is COCCN(CCOC)C(=O)CNC(C)C. The maximum absolute atomic E-state index is 11.8. The second-order valence-electron chi connectivity index (χ2n) is 3.90. The van der Waals surface area contributed by atoms with Gasteiger partial charge in [-0.15, -0.1) is 0 Å². The Morgan fingerprint density at radius 2 is 1.69 bits per heavy atom. The number of rotatable bonds is 9. The van der Waals surface area contributed by atoms with Crippen LogP contribution in [0.1, 0.15) is 13.8 Å². The van der Waals surface area contributed by atoms with E-state index in [2.05, 4.69) is 5.32 Å². The van der Waals surface area contributed by atoms with Crippen molar-refractivity contribution in [2.45, 2.75) is 19.9 Å². The molecule has 0 aromatic carbocycles. The second kappa shape index (κ2) is 9.57. The molecule has 5 nitrogen and oxygen atoms in total. The molecule has 0 fully saturated rings. The average molecular weight is 232 g/mol. The van der Waals surface area contributed by atoms with E-state index in [1.54, 1.807) is 19.1 Å². The van der Waals surface area contributed by atoms with Gasteiger partial charge in [-0.1, -0.05) is 13.8 Å². The van der Waals surface area contributed by atoms with Gasteiger partial charge < -0.3 is 19.7 Å². The molecule has 0 bridgehead atoms. The Balaban J connectivity index is 3.98. The Morgan fingerprint density at radius 1 is 1.19 bits per heavy atom. The Labute approximate surface area is 98.1 Å². The van der Waals surface area contributed by atoms with E-state index < -0.39 is 0 Å². The zero-order valence-electron chi connectivity index (χ0n) is 10.8. The van der Waals surface area contributed by atoms with Crippen LogP contribution in [-0.4, -0.2) is 63.9 Å². The lowest BCUT2D eigenvalue weighted by atomic mass is 10.3. The first kappa shape index (κ1) is 15.3. The summed E-state index contributed by atoms with van der Waals surface area (Å²) in [4.78, 5) is 13.6. The van der Waals surface area contributed by atoms with Crippen LogP contribution in [0.25, 0.3) is 0 Å². The van der Waals surface area contributed by atoms with Crippen molar-refractivity contribution in [2.24, 2.45) is 0 Å². The lowest BCUT2D eigenvalue weighted by Gasteiger charge is -2.22. The van der Waals surface area contributed by atoms with Crippen molar-refractivity contribution in [3.63, 3.8) is 0 Å². The van der Waals surface area contributed by atoms with Gasteiger partial charge in [-0.3, -0.25) is 4.79 Å². The highest BCUT2D eigenvalue weighted by atomic mass is 16.5. The predicted octanol–water partition coefficient (Wildman–Crippen LogP) is 0.106. The minimum absolute atomic E-state index is 0.0859. The largest absolute Gasteiger partial charge is 0.383 e. The molecule has 0 unspecified atom stereocenters. The fraction of sp³-hybridized carbons (Fsp3) is 0.909. The van der Waals surface area contributed by atoms with Gasteiger partial charge in [-0.2, -0.15) is 0 Å². The molecule has 0 saturated heterocycles. The number of carbonyl (C=O) groups is 1. The van der Waals surface area contributed by atoms with Crippen LogP contribution in [0.2, 0.25) is 0 Å². The first-order chi connectivity index (χ1) is 7.61. The molecule has 0 heterocycles. The van der Waals surface area contributed by atoms with Gasteiger partial charge in [0.15, 0.2) is 0 Å². The fourth-order valence-electron chi connectivity index (χ4n) is 1.17. The van der Waals surface area contributed by atoms with Gasteiger partial charge in [-0.25, -0.2) is 0 Å². The van der Waals surface area contributed by atoms with Crippen molar-refractivity contribution in [3.05, 3.63) is 0 Å². The average Bonchev–Trinajstić information content (AvgIpc) is 2.26. The molecule has 5 heteroatoms. The molecule has 0 aliphatic carbocycles. The lowest BCUT2D eigenvalue weighted by Crippen LogP contribution is -2.43. The minimum atomic E-state index is 0.0859. The molecule has 0 aromatic rings. The van der Waals surface area contributed by atoms with Crippen molar-refractivity contribution >= 4 is 5.91 Å². The van der Waals surface area contributed by atoms with Gasteiger partial charge in [0.1, 0.15) is 0 Å². The standard InChI is InChI=1S/C11H24N2O3/c1-10(2)12-9-11(14)13(5-7-15-3)6-8-16-4/h10,12H,5-9H2,1-4H3. The lowest BCUT2D eigenvalue weighted by molar-refractivity contribution is -0.131. The maximum Gasteiger partial charge on any atom is 0.236 e. The third-order valence-electron chi connectivity index (χ3n) is 2.14. The van der Waals surface area contributed by atoms with Crippen LogP contribution in [0.3, 0.4) is 0 Å². The van der Waals surface area contributed by atoms with Gasteiger partial charge in [-0.05, 0) is 0 Å². The second-order valence-corrected chi connectivity index (χ2v) is 3.90. The fourth-order valence-corrected chi connectivity index (χ4v) is 1.17. The summed E-state index contributed by atoms with van der Waals surface area (Å²) >= 11 is 0. The van der Waals surface area contributed by atoms with E-state index in [4.69, 9.17) is 9.47 Å². The molecule has 0 aliphatic heterocycles. The summed E-state index contributed by atoms with van der Waals surface area (Å²) in [6.45, 7) is 6.72. The van der Waals surface area contributed by atoms with Gasteiger partial charge >= 0.3 is 0 Å². The molecule has 0 aliphatic rings. The first-order valence-corrected chi connectivity index (χ1v) is 5.60. The highest BCUT2D eigenvalue weighted by Gasteiger charge is 2.12. The number of methoxy groups -OCH3 is 2. The summed E-state index contributed by atoms with van der Waals surface area (Å²) in [6, 6.07) is 0.315. The van der Waals surface area contributed by atoms with E-state index in [0.717, 1.165) is 0 Å². The van der Waals surface area contributed by atoms with Crippen molar-refractivity contribution < 1.29 is 14.3 Å². The molecule has 0 atom stereocenters. The van der Waals surface area contributed by atoms with Crippen molar-refractivity contribution in [3.8, 4) is 0 Å². The van der Waals surface area contributed by atoms with Gasteiger partial charge in [0.05, 0.1) is 19.8 Å². The van der Waals surface area contributed by atoms with Crippen LogP contribution < -0.4 is 5.32 Å². The van der Waals surface area contributed by atoms with E-state index >= 15 is 0 Å². The van der Waals surface area contributed by atoms with Gasteiger partial charge in [0.2, 0.25) is 5.91 Å². The van der Waals surface area contributed by atoms with E-state index in [1.165, 1.54) is 0 Å². The van der Waals surface area contributed by atoms with E-state index in [9.17, 15) is 4.79 Å². The number of nitrogens with one attached hydrogen (secondary N) is 1. The molecular formula is C11H24N2O3. The van der Waals surface area contributed by atoms with Crippen LogP contribution >= 0.6 is 0 Å². The molecule has 0 saturated carbocycles. The zero-order chi connectivity index (χ0) is 12.4. The van der Waals surface area contributed by atoms with Gasteiger partial charge in [0, 0.05) is 33.4 Å². The monoisotopic (exact) mass is 232 g/mol. The first-order valence-electron chi connectivity index (χ1n) is 5.60. The number of amides is 1. The summed E-state index contributed by atoms with van der Waals surface area (Å²) in [6.07, 6.45) is 0. The summed E-state index contributed by atoms with van der Waals surface area (Å²) in [5, 5.41) is 3.11. The van der Waals surface area contributed by atoms with E-state index in [0.29, 0.717) is 38.9 Å². The topological polar surface area (TPSA) is 50.8 Å². The number of ether oxygens (including phenoxy) is 2. The van der Waals surface area contributed by atoms with Crippen LogP contribution in [-0.2, 0) is 14.3 Å². The predicted molar refractivity (Wildman–Crippen MR) is 63.5 cm³/mol. The maximum atomic E-state index is 11.8. The van der Waals surface area contributed by atoms with Crippen molar-refractivity contribution in [1.82, 2.24) is 10.2 Å². The molecule has 0 spiro atoms. The van der Waals surface area contributed by atoms with E-state index in [1.807, 2.05) is 13.8 Å². The zero-order valence-corrected chi connectivity index (χ0v) is 10.8. The molecule has 0 aromatic heterocycles. The molecular weight excluding hydrogens is 208 g/mol. The molecule has 0 rings (SSSR count). The number of hydrogen-bond donors (Lipinski definition) is 1. The summed E-state index contributed by atoms with van der Waals surface area (Å²) in [5.74, 6) is 0.0859. The Morgan fingerprint density at radius 3 is 2.06 bits per heavy atom. The van der Waals surface area contributed by atoms with Crippen LogP contribution in [0, 0.1) is 0 Å². The Hall–Kier alpha value is -0.650. The van der Waals surface area contributed by atoms with Crippen molar-refractivity contribution in [2.75, 3.05) is 47.1 Å². The third-order valence-corrected chi connectivity index (χ3v) is 2.14. The highest BCUT2D eigenvalue weighted by Crippen LogP contribution is 1.91. The normalized spacial score (nSPS) is 10.8. The molecule has 0 radical (unpaired) electrons. The smallest absolute Gasteiger partial charge is 0.236 e. The summed E-state index contributed by atoms with van der Waals surface area (Å²) < 4.78 is 9.95. The molecule has 1 amide bonds. The van der Waals surface area contributed by atoms with Gasteiger partial charge in [0.25, 0.3) is 0 Å². The molecule has 96 valence electrons. The number of nitrogens with zero attached hydrogens (tertiary/aromatic N) is 1. The van der Waals surface area contributed by atoms with Crippen LogP contribution in [0.4, 0.5) is 0 Å². The minimum Gasteiger partial charge on any atom is -0.383 e. The third kappa shape index (κ3) is 7.62. The summed E-state index contributed by atoms with van der Waals surface area (Å²) in [5.41, 5.74) is 0. The quantitative estimate of drug-likeness (QED) is 0.613.